The highest BCUT2D eigenvalue weighted by Gasteiger charge is 2.20. The molecule has 11 nitrogen and oxygen atoms in total. The number of nitro groups is 1. The van der Waals surface area contributed by atoms with E-state index in [1.807, 2.05) is 0 Å². The molecule has 0 bridgehead atoms. The van der Waals surface area contributed by atoms with Gasteiger partial charge in [0, 0.05) is 23.8 Å². The van der Waals surface area contributed by atoms with Crippen LogP contribution < -0.4 is 11.4 Å². The van der Waals surface area contributed by atoms with E-state index in [9.17, 15) is 19.7 Å². The molecule has 0 saturated carbocycles. The molecule has 11 heteroatoms. The molecule has 1 aromatic carbocycles. The average Bonchev–Trinajstić information content (AvgIpc) is 3.15. The normalized spacial score (nSPS) is 11.3. The fourth-order valence-corrected chi connectivity index (χ4v) is 2.44. The van der Waals surface area contributed by atoms with E-state index in [1.165, 1.54) is 29.2 Å². The minimum Gasteiger partial charge on any atom is -0.300 e. The predicted molar refractivity (Wildman–Crippen MR) is 77.7 cm³/mol. The van der Waals surface area contributed by atoms with E-state index in [1.54, 1.807) is 6.20 Å². The van der Waals surface area contributed by atoms with Gasteiger partial charge in [-0.3, -0.25) is 15.1 Å². The second-order valence-electron chi connectivity index (χ2n) is 4.73. The van der Waals surface area contributed by atoms with Gasteiger partial charge in [-0.1, -0.05) is 0 Å². The Morgan fingerprint density at radius 2 is 2.09 bits per heavy atom. The van der Waals surface area contributed by atoms with Gasteiger partial charge in [-0.2, -0.15) is 9.50 Å². The topological polar surface area (TPSA) is 144 Å². The summed E-state index contributed by atoms with van der Waals surface area (Å²) in [5.41, 5.74) is -1.02. The molecular formula is C12H7N7O4. The summed E-state index contributed by atoms with van der Waals surface area (Å²) in [5.74, 6) is 0. The monoisotopic (exact) mass is 313 g/mol. The Labute approximate surface area is 125 Å². The summed E-state index contributed by atoms with van der Waals surface area (Å²) in [7, 11) is 0. The summed E-state index contributed by atoms with van der Waals surface area (Å²) in [6, 6.07) is 2.66. The van der Waals surface area contributed by atoms with Crippen LogP contribution >= 0.6 is 0 Å². The lowest BCUT2D eigenvalue weighted by molar-refractivity contribution is -0.384. The fourth-order valence-electron chi connectivity index (χ4n) is 2.44. The van der Waals surface area contributed by atoms with Crippen molar-refractivity contribution in [3.63, 3.8) is 0 Å². The first-order valence-corrected chi connectivity index (χ1v) is 6.36. The molecule has 4 aromatic rings. The lowest BCUT2D eigenvalue weighted by Crippen LogP contribution is -2.19. The first-order valence-electron chi connectivity index (χ1n) is 6.36. The first kappa shape index (κ1) is 12.9. The Hall–Kier alpha value is -3.76. The SMILES string of the molecule is O=c1[nH]c2c3cc(-n4ccnc4)c([N+](=O)[O-])cc3nc(=O)n2[nH]1. The Balaban J connectivity index is 2.21. The quantitative estimate of drug-likeness (QED) is 0.392. The second kappa shape index (κ2) is 4.37. The molecule has 2 N–H and O–H groups in total. The first-order chi connectivity index (χ1) is 11.0. The zero-order chi connectivity index (χ0) is 16.1. The minimum atomic E-state index is -0.740. The number of benzene rings is 1. The number of nitro benzene ring substituents is 1. The van der Waals surface area contributed by atoms with Crippen molar-refractivity contribution in [2.45, 2.75) is 0 Å². The van der Waals surface area contributed by atoms with Gasteiger partial charge in [0.25, 0.3) is 5.69 Å². The molecule has 0 amide bonds. The van der Waals surface area contributed by atoms with Crippen LogP contribution in [0.25, 0.3) is 22.2 Å². The van der Waals surface area contributed by atoms with E-state index in [4.69, 9.17) is 0 Å². The van der Waals surface area contributed by atoms with Gasteiger partial charge in [0.15, 0.2) is 0 Å². The van der Waals surface area contributed by atoms with Crippen LogP contribution in [-0.4, -0.2) is 34.1 Å². The van der Waals surface area contributed by atoms with Crippen LogP contribution in [0.2, 0.25) is 0 Å². The third-order valence-electron chi connectivity index (χ3n) is 3.40. The number of hydrogen-bond donors (Lipinski definition) is 2. The van der Waals surface area contributed by atoms with Gasteiger partial charge < -0.3 is 4.57 Å². The Morgan fingerprint density at radius 1 is 1.26 bits per heavy atom. The van der Waals surface area contributed by atoms with E-state index in [0.717, 1.165) is 4.52 Å². The largest absolute Gasteiger partial charge is 0.369 e. The molecule has 0 aliphatic carbocycles. The lowest BCUT2D eigenvalue weighted by Gasteiger charge is -2.06. The zero-order valence-electron chi connectivity index (χ0n) is 11.3. The summed E-state index contributed by atoms with van der Waals surface area (Å²) in [6.45, 7) is 0. The van der Waals surface area contributed by atoms with Crippen molar-refractivity contribution in [1.29, 1.82) is 0 Å². The highest BCUT2D eigenvalue weighted by Crippen LogP contribution is 2.28. The van der Waals surface area contributed by atoms with Gasteiger partial charge in [0.05, 0.1) is 16.8 Å². The number of aromatic nitrogens is 6. The van der Waals surface area contributed by atoms with E-state index in [0.29, 0.717) is 5.39 Å². The molecule has 0 atom stereocenters. The highest BCUT2D eigenvalue weighted by atomic mass is 16.6. The fraction of sp³-hybridized carbons (Fsp3) is 0. The zero-order valence-corrected chi connectivity index (χ0v) is 11.3. The molecule has 0 saturated heterocycles. The van der Waals surface area contributed by atoms with Crippen molar-refractivity contribution >= 4 is 22.2 Å². The highest BCUT2D eigenvalue weighted by molar-refractivity contribution is 5.94. The number of imidazole rings is 1. The molecule has 0 unspecified atom stereocenters. The Bertz CT molecular complexity index is 1180. The molecule has 23 heavy (non-hydrogen) atoms. The van der Waals surface area contributed by atoms with Crippen LogP contribution in [-0.2, 0) is 0 Å². The third-order valence-corrected chi connectivity index (χ3v) is 3.40. The molecular weight excluding hydrogens is 306 g/mol. The molecule has 0 radical (unpaired) electrons. The van der Waals surface area contributed by atoms with Crippen LogP contribution in [0.5, 0.6) is 0 Å². The van der Waals surface area contributed by atoms with Gasteiger partial charge in [-0.05, 0) is 6.07 Å². The molecule has 4 rings (SSSR count). The van der Waals surface area contributed by atoms with Crippen molar-refractivity contribution in [3.8, 4) is 5.69 Å². The van der Waals surface area contributed by atoms with Gasteiger partial charge in [-0.25, -0.2) is 19.7 Å². The molecule has 114 valence electrons. The maximum atomic E-state index is 11.9. The number of H-pyrrole nitrogens is 2. The van der Waals surface area contributed by atoms with Crippen molar-refractivity contribution in [1.82, 2.24) is 29.1 Å². The maximum absolute atomic E-state index is 11.9. The number of nitrogens with zero attached hydrogens (tertiary/aromatic N) is 5. The second-order valence-corrected chi connectivity index (χ2v) is 4.73. The molecule has 0 aliphatic rings. The Kier molecular flexibility index (Phi) is 2.46. The molecule has 3 heterocycles. The number of aromatic amines is 2. The number of fused-ring (bicyclic) bond motifs is 3. The number of rotatable bonds is 2. The third kappa shape index (κ3) is 1.83. The van der Waals surface area contributed by atoms with Gasteiger partial charge in [-0.15, -0.1) is 0 Å². The van der Waals surface area contributed by atoms with Crippen LogP contribution in [0.4, 0.5) is 5.69 Å². The maximum Gasteiger partial charge on any atom is 0.369 e. The predicted octanol–water partition coefficient (Wildman–Crippen LogP) is -0.0420. The smallest absolute Gasteiger partial charge is 0.300 e. The van der Waals surface area contributed by atoms with Crippen molar-refractivity contribution in [3.05, 3.63) is 61.9 Å². The summed E-state index contributed by atoms with van der Waals surface area (Å²) in [6.07, 6.45) is 4.44. The van der Waals surface area contributed by atoms with E-state index < -0.39 is 16.3 Å². The van der Waals surface area contributed by atoms with E-state index >= 15 is 0 Å². The standard InChI is InChI=1S/C12H7N7O4/c20-11-15-10-6-3-8(17-2-1-13-5-17)9(19(22)23)4-7(6)14-12(21)18(10)16-11/h1-5H,(H2,15,16,20). The molecule has 0 aliphatic heterocycles. The summed E-state index contributed by atoms with van der Waals surface area (Å²) in [5, 5.41) is 14.0. The summed E-state index contributed by atoms with van der Waals surface area (Å²) < 4.78 is 2.41. The minimum absolute atomic E-state index is 0.112. The molecule has 0 spiro atoms. The molecule has 0 fully saturated rings. The van der Waals surface area contributed by atoms with Gasteiger partial charge in [0.2, 0.25) is 0 Å². The average molecular weight is 313 g/mol. The van der Waals surface area contributed by atoms with Gasteiger partial charge >= 0.3 is 11.4 Å². The lowest BCUT2D eigenvalue weighted by atomic mass is 10.2. The molecule has 3 aromatic heterocycles. The van der Waals surface area contributed by atoms with Crippen LogP contribution in [0.15, 0.2) is 40.4 Å². The van der Waals surface area contributed by atoms with E-state index in [2.05, 4.69) is 20.1 Å². The summed E-state index contributed by atoms with van der Waals surface area (Å²) in [4.78, 5) is 44.2. The van der Waals surface area contributed by atoms with Crippen molar-refractivity contribution in [2.75, 3.05) is 0 Å². The van der Waals surface area contributed by atoms with Crippen LogP contribution in [0, 0.1) is 10.1 Å². The Morgan fingerprint density at radius 3 is 2.78 bits per heavy atom. The van der Waals surface area contributed by atoms with Crippen molar-refractivity contribution in [2.24, 2.45) is 0 Å². The van der Waals surface area contributed by atoms with E-state index in [-0.39, 0.29) is 22.5 Å². The van der Waals surface area contributed by atoms with Crippen molar-refractivity contribution < 1.29 is 4.92 Å². The van der Waals surface area contributed by atoms with Crippen LogP contribution in [0.3, 0.4) is 0 Å². The summed E-state index contributed by atoms with van der Waals surface area (Å²) >= 11 is 0. The number of nitrogens with one attached hydrogen (secondary N) is 2. The number of hydrogen-bond acceptors (Lipinski definition) is 6. The van der Waals surface area contributed by atoms with Crippen LogP contribution in [0.1, 0.15) is 0 Å². The van der Waals surface area contributed by atoms with Gasteiger partial charge in [0.1, 0.15) is 11.3 Å².